The number of methoxy groups -OCH3 is 1. The van der Waals surface area contributed by atoms with Gasteiger partial charge in [0.25, 0.3) is 5.82 Å². The fraction of sp³-hybridized carbons (Fsp3) is 0.318. The van der Waals surface area contributed by atoms with Crippen LogP contribution in [0, 0.1) is 4.77 Å². The monoisotopic (exact) mass is 464 g/mol. The second-order valence-corrected chi connectivity index (χ2v) is 8.44. The van der Waals surface area contributed by atoms with E-state index in [0.717, 1.165) is 5.56 Å². The predicted octanol–water partition coefficient (Wildman–Crippen LogP) is 5.73. The second kappa shape index (κ2) is 9.15. The van der Waals surface area contributed by atoms with E-state index in [9.17, 15) is 13.2 Å². The van der Waals surface area contributed by atoms with Gasteiger partial charge in [0, 0.05) is 0 Å². The molecule has 1 heterocycles. The zero-order valence-electron chi connectivity index (χ0n) is 18.0. The Labute approximate surface area is 188 Å². The lowest BCUT2D eigenvalue weighted by molar-refractivity contribution is -0.147. The smallest absolute Gasteiger partial charge is 0.453 e. The van der Waals surface area contributed by atoms with Crippen LogP contribution in [0.3, 0.4) is 0 Å². The summed E-state index contributed by atoms with van der Waals surface area (Å²) in [4.78, 5) is 0. The molecule has 0 aliphatic rings. The minimum absolute atomic E-state index is 0.0710. The van der Waals surface area contributed by atoms with Crippen molar-refractivity contribution in [3.8, 4) is 11.5 Å². The molecule has 0 saturated carbocycles. The van der Waals surface area contributed by atoms with E-state index < -0.39 is 12.0 Å². The summed E-state index contributed by atoms with van der Waals surface area (Å²) in [7, 11) is 1.48. The van der Waals surface area contributed by atoms with Crippen molar-refractivity contribution in [1.82, 2.24) is 14.9 Å². The third kappa shape index (κ3) is 5.56. The molecule has 1 N–H and O–H groups in total. The first kappa shape index (κ1) is 23.5. The molecule has 0 radical (unpaired) electrons. The number of hydrogen-bond acceptors (Lipinski definition) is 5. The Morgan fingerprint density at radius 2 is 1.78 bits per heavy atom. The molecule has 0 bridgehead atoms. The topological polar surface area (TPSA) is 64.4 Å². The maximum atomic E-state index is 13.0. The van der Waals surface area contributed by atoms with Crippen molar-refractivity contribution in [3.63, 3.8) is 0 Å². The van der Waals surface area contributed by atoms with Crippen molar-refractivity contribution in [2.75, 3.05) is 7.11 Å². The molecule has 32 heavy (non-hydrogen) atoms. The third-order valence-electron chi connectivity index (χ3n) is 4.63. The largest absolute Gasteiger partial charge is 0.493 e. The average molecular weight is 465 g/mol. The van der Waals surface area contributed by atoms with Gasteiger partial charge >= 0.3 is 6.18 Å². The van der Waals surface area contributed by atoms with Gasteiger partial charge < -0.3 is 9.47 Å². The molecule has 6 nitrogen and oxygen atoms in total. The fourth-order valence-electron chi connectivity index (χ4n) is 2.85. The Kier molecular flexibility index (Phi) is 6.73. The summed E-state index contributed by atoms with van der Waals surface area (Å²) in [5.74, 6) is -0.310. The van der Waals surface area contributed by atoms with Crippen molar-refractivity contribution in [2.45, 2.75) is 39.0 Å². The van der Waals surface area contributed by atoms with Crippen LogP contribution in [0.2, 0.25) is 0 Å². The zero-order chi connectivity index (χ0) is 23.5. The quantitative estimate of drug-likeness (QED) is 0.374. The number of aromatic nitrogens is 3. The first-order valence-corrected chi connectivity index (χ1v) is 10.1. The molecule has 0 fully saturated rings. The molecule has 170 valence electrons. The number of benzene rings is 2. The summed E-state index contributed by atoms with van der Waals surface area (Å²) in [6, 6.07) is 13.1. The van der Waals surface area contributed by atoms with Gasteiger partial charge in [-0.05, 0) is 52.5 Å². The molecule has 0 amide bonds. The lowest BCUT2D eigenvalue weighted by atomic mass is 9.87. The zero-order valence-corrected chi connectivity index (χ0v) is 18.8. The number of rotatable bonds is 6. The number of halogens is 3. The Bertz CT molecular complexity index is 1160. The SMILES string of the molecule is COc1cc(/C=N\n2c(C(F)(F)F)n[nH]c2=S)ccc1OCc1ccc(C(C)(C)C)cc1. The highest BCUT2D eigenvalue weighted by Crippen LogP contribution is 2.30. The molecule has 3 rings (SSSR count). The van der Waals surface area contributed by atoms with Gasteiger partial charge in [0.15, 0.2) is 11.5 Å². The number of H-pyrrole nitrogens is 1. The van der Waals surface area contributed by atoms with E-state index in [0.29, 0.717) is 28.3 Å². The van der Waals surface area contributed by atoms with E-state index >= 15 is 0 Å². The number of aromatic amines is 1. The van der Waals surface area contributed by atoms with Crippen LogP contribution in [0.1, 0.15) is 43.3 Å². The third-order valence-corrected chi connectivity index (χ3v) is 4.89. The minimum Gasteiger partial charge on any atom is -0.493 e. The molecule has 0 spiro atoms. The molecule has 10 heteroatoms. The van der Waals surface area contributed by atoms with Crippen molar-refractivity contribution in [3.05, 3.63) is 69.8 Å². The molecule has 0 aliphatic heterocycles. The minimum atomic E-state index is -4.69. The fourth-order valence-corrected chi connectivity index (χ4v) is 3.03. The molecule has 0 saturated heterocycles. The molecule has 1 aromatic heterocycles. The Hall–Kier alpha value is -3.14. The maximum absolute atomic E-state index is 13.0. The highest BCUT2D eigenvalue weighted by Gasteiger charge is 2.37. The van der Waals surface area contributed by atoms with Crippen LogP contribution in [-0.2, 0) is 18.2 Å². The van der Waals surface area contributed by atoms with Crippen LogP contribution >= 0.6 is 12.2 Å². The summed E-state index contributed by atoms with van der Waals surface area (Å²) >= 11 is 4.82. The van der Waals surface area contributed by atoms with Gasteiger partial charge in [-0.2, -0.15) is 22.9 Å². The van der Waals surface area contributed by atoms with Crippen LogP contribution in [0.5, 0.6) is 11.5 Å². The average Bonchev–Trinajstić information content (AvgIpc) is 3.11. The summed E-state index contributed by atoms with van der Waals surface area (Å²) in [6.45, 7) is 6.80. The van der Waals surface area contributed by atoms with Crippen LogP contribution in [0.4, 0.5) is 13.2 Å². The van der Waals surface area contributed by atoms with E-state index in [-0.39, 0.29) is 10.2 Å². The maximum Gasteiger partial charge on any atom is 0.453 e. The number of hydrogen-bond donors (Lipinski definition) is 1. The Morgan fingerprint density at radius 3 is 2.38 bits per heavy atom. The Morgan fingerprint density at radius 1 is 1.09 bits per heavy atom. The van der Waals surface area contributed by atoms with Crippen LogP contribution in [0.25, 0.3) is 0 Å². The number of nitrogens with one attached hydrogen (secondary N) is 1. The molecular formula is C22H23F3N4O2S. The van der Waals surface area contributed by atoms with Gasteiger partial charge in [0.2, 0.25) is 4.77 Å². The number of alkyl halides is 3. The van der Waals surface area contributed by atoms with E-state index in [2.05, 4.69) is 48.2 Å². The summed E-state index contributed by atoms with van der Waals surface area (Å²) in [5, 5.41) is 9.08. The predicted molar refractivity (Wildman–Crippen MR) is 118 cm³/mol. The summed E-state index contributed by atoms with van der Waals surface area (Å²) < 4.78 is 50.5. The summed E-state index contributed by atoms with van der Waals surface area (Å²) in [6.07, 6.45) is -3.45. The van der Waals surface area contributed by atoms with Crippen molar-refractivity contribution in [2.24, 2.45) is 5.10 Å². The van der Waals surface area contributed by atoms with Crippen molar-refractivity contribution in [1.29, 1.82) is 0 Å². The van der Waals surface area contributed by atoms with E-state index in [1.807, 2.05) is 12.1 Å². The van der Waals surface area contributed by atoms with Crippen LogP contribution in [-0.4, -0.2) is 28.2 Å². The Balaban J connectivity index is 1.75. The van der Waals surface area contributed by atoms with E-state index in [4.69, 9.17) is 21.7 Å². The molecule has 0 aliphatic carbocycles. The first-order chi connectivity index (χ1) is 15.0. The second-order valence-electron chi connectivity index (χ2n) is 8.05. The summed E-state index contributed by atoms with van der Waals surface area (Å²) in [5.41, 5.74) is 2.80. The highest BCUT2D eigenvalue weighted by molar-refractivity contribution is 7.71. The van der Waals surface area contributed by atoms with Crippen molar-refractivity contribution < 1.29 is 22.6 Å². The number of ether oxygens (including phenoxy) is 2. The van der Waals surface area contributed by atoms with Gasteiger partial charge in [-0.25, -0.2) is 5.10 Å². The van der Waals surface area contributed by atoms with Gasteiger partial charge in [0.1, 0.15) is 6.61 Å². The normalized spacial score (nSPS) is 12.3. The standard InChI is InChI=1S/C22H23F3N4O2S/c1-21(2,3)16-8-5-14(6-9-16)13-31-17-10-7-15(11-18(17)30-4)12-26-29-19(22(23,24)25)27-28-20(29)32/h5-12H,13H2,1-4H3,(H,28,32)/b26-12-. The van der Waals surface area contributed by atoms with Gasteiger partial charge in [-0.1, -0.05) is 45.0 Å². The first-order valence-electron chi connectivity index (χ1n) is 9.68. The van der Waals surface area contributed by atoms with Crippen LogP contribution in [0.15, 0.2) is 47.6 Å². The van der Waals surface area contributed by atoms with E-state index in [1.54, 1.807) is 18.2 Å². The molecular weight excluding hydrogens is 441 g/mol. The molecule has 0 atom stereocenters. The van der Waals surface area contributed by atoms with Gasteiger partial charge in [0.05, 0.1) is 13.3 Å². The molecule has 3 aromatic rings. The molecule has 2 aromatic carbocycles. The lowest BCUT2D eigenvalue weighted by Crippen LogP contribution is -2.12. The van der Waals surface area contributed by atoms with Gasteiger partial charge in [-0.15, -0.1) is 5.10 Å². The van der Waals surface area contributed by atoms with E-state index in [1.165, 1.54) is 18.9 Å². The van der Waals surface area contributed by atoms with Crippen molar-refractivity contribution >= 4 is 18.4 Å². The lowest BCUT2D eigenvalue weighted by Gasteiger charge is -2.19. The van der Waals surface area contributed by atoms with Gasteiger partial charge in [-0.3, -0.25) is 0 Å². The molecule has 0 unspecified atom stereocenters. The number of nitrogens with zero attached hydrogens (tertiary/aromatic N) is 3. The highest BCUT2D eigenvalue weighted by atomic mass is 32.1. The van der Waals surface area contributed by atoms with Crippen LogP contribution < -0.4 is 9.47 Å².